The normalized spacial score (nSPS) is 12.2. The Balaban J connectivity index is 2.22. The van der Waals surface area contributed by atoms with Crippen LogP contribution in [0.25, 0.3) is 0 Å². The summed E-state index contributed by atoms with van der Waals surface area (Å²) in [7, 11) is 5.26. The summed E-state index contributed by atoms with van der Waals surface area (Å²) in [5.41, 5.74) is 2.24. The van der Waals surface area contributed by atoms with Crippen molar-refractivity contribution in [3.8, 4) is 11.5 Å². The molecule has 0 bridgehead atoms. The molecule has 0 fully saturated rings. The summed E-state index contributed by atoms with van der Waals surface area (Å²) in [4.78, 5) is 4.52. The van der Waals surface area contributed by atoms with Gasteiger partial charge in [-0.2, -0.15) is 0 Å². The van der Waals surface area contributed by atoms with Crippen LogP contribution in [0.2, 0.25) is 0 Å². The molecule has 5 heteroatoms. The van der Waals surface area contributed by atoms with E-state index in [1.165, 1.54) is 0 Å². The fourth-order valence-electron chi connectivity index (χ4n) is 2.13. The molecule has 1 atom stereocenters. The van der Waals surface area contributed by atoms with Gasteiger partial charge in [-0.15, -0.1) is 11.3 Å². The summed E-state index contributed by atoms with van der Waals surface area (Å²) < 4.78 is 10.6. The van der Waals surface area contributed by atoms with Crippen molar-refractivity contribution in [3.63, 3.8) is 0 Å². The van der Waals surface area contributed by atoms with Gasteiger partial charge in [-0.25, -0.2) is 4.98 Å². The first-order chi connectivity index (χ1) is 9.67. The van der Waals surface area contributed by atoms with E-state index in [2.05, 4.69) is 21.7 Å². The van der Waals surface area contributed by atoms with Gasteiger partial charge in [0.25, 0.3) is 0 Å². The lowest BCUT2D eigenvalue weighted by Gasteiger charge is -2.17. The molecule has 1 aromatic carbocycles. The maximum atomic E-state index is 5.36. The van der Waals surface area contributed by atoms with Crippen LogP contribution < -0.4 is 14.8 Å². The number of nitrogens with one attached hydrogen (secondary N) is 1. The van der Waals surface area contributed by atoms with Gasteiger partial charge in [-0.05, 0) is 31.7 Å². The van der Waals surface area contributed by atoms with Crippen LogP contribution >= 0.6 is 11.3 Å². The van der Waals surface area contributed by atoms with Crippen LogP contribution in [0.5, 0.6) is 11.5 Å². The van der Waals surface area contributed by atoms with E-state index in [4.69, 9.17) is 9.47 Å². The predicted octanol–water partition coefficient (Wildman–Crippen LogP) is 2.97. The molecule has 0 saturated heterocycles. The zero-order valence-corrected chi connectivity index (χ0v) is 13.1. The summed E-state index contributed by atoms with van der Waals surface area (Å²) in [5, 5.41) is 6.55. The molecule has 0 radical (unpaired) electrons. The Morgan fingerprint density at radius 2 is 2.00 bits per heavy atom. The lowest BCUT2D eigenvalue weighted by molar-refractivity contribution is 0.354. The summed E-state index contributed by atoms with van der Waals surface area (Å²) in [6.07, 6.45) is 0.866. The molecule has 20 heavy (non-hydrogen) atoms. The minimum atomic E-state index is 0.209. The zero-order chi connectivity index (χ0) is 14.5. The lowest BCUT2D eigenvalue weighted by Crippen LogP contribution is -2.18. The first-order valence-corrected chi connectivity index (χ1v) is 7.36. The van der Waals surface area contributed by atoms with Gasteiger partial charge in [-0.1, -0.05) is 6.07 Å². The van der Waals surface area contributed by atoms with E-state index in [0.29, 0.717) is 0 Å². The molecule has 1 heterocycles. The number of hydrogen-bond acceptors (Lipinski definition) is 5. The topological polar surface area (TPSA) is 43.4 Å². The van der Waals surface area contributed by atoms with E-state index in [9.17, 15) is 0 Å². The van der Waals surface area contributed by atoms with Gasteiger partial charge in [0.15, 0.2) is 11.5 Å². The van der Waals surface area contributed by atoms with Gasteiger partial charge < -0.3 is 14.8 Å². The van der Waals surface area contributed by atoms with Crippen molar-refractivity contribution >= 4 is 11.3 Å². The molecule has 1 unspecified atom stereocenters. The number of aromatic nitrogens is 1. The number of likely N-dealkylation sites (N-methyl/N-ethyl adjacent to an activating group) is 1. The molecule has 0 amide bonds. The Morgan fingerprint density at radius 1 is 1.25 bits per heavy atom. The maximum absolute atomic E-state index is 5.36. The third-order valence-electron chi connectivity index (χ3n) is 3.20. The van der Waals surface area contributed by atoms with Crippen LogP contribution in [-0.2, 0) is 6.42 Å². The average Bonchev–Trinajstić information content (AvgIpc) is 2.89. The highest BCUT2D eigenvalue weighted by molar-refractivity contribution is 7.09. The minimum absolute atomic E-state index is 0.209. The van der Waals surface area contributed by atoms with E-state index < -0.39 is 0 Å². The Morgan fingerprint density at radius 3 is 2.55 bits per heavy atom. The fourth-order valence-corrected chi connectivity index (χ4v) is 2.95. The van der Waals surface area contributed by atoms with E-state index in [1.807, 2.05) is 26.1 Å². The molecule has 1 aromatic heterocycles. The lowest BCUT2D eigenvalue weighted by atomic mass is 10.0. The molecule has 0 aliphatic heterocycles. The molecule has 4 nitrogen and oxygen atoms in total. The second-order valence-corrected chi connectivity index (χ2v) is 5.49. The molecule has 0 aliphatic carbocycles. The number of methoxy groups -OCH3 is 2. The van der Waals surface area contributed by atoms with E-state index in [0.717, 1.165) is 34.2 Å². The molecule has 0 aliphatic rings. The van der Waals surface area contributed by atoms with Crippen LogP contribution in [-0.4, -0.2) is 26.3 Å². The Hall–Kier alpha value is -1.59. The van der Waals surface area contributed by atoms with Crippen LogP contribution in [0.3, 0.4) is 0 Å². The molecule has 108 valence electrons. The van der Waals surface area contributed by atoms with E-state index in [-0.39, 0.29) is 6.04 Å². The second kappa shape index (κ2) is 6.72. The number of hydrogen-bond donors (Lipinski definition) is 1. The number of nitrogens with zero attached hydrogens (tertiary/aromatic N) is 1. The van der Waals surface area contributed by atoms with Crippen LogP contribution in [0, 0.1) is 6.92 Å². The molecule has 2 rings (SSSR count). The van der Waals surface area contributed by atoms with Gasteiger partial charge in [-0.3, -0.25) is 0 Å². The van der Waals surface area contributed by atoms with Crippen LogP contribution in [0.4, 0.5) is 0 Å². The average molecular weight is 292 g/mol. The summed E-state index contributed by atoms with van der Waals surface area (Å²) in [6, 6.07) is 6.22. The fraction of sp³-hybridized carbons (Fsp3) is 0.400. The summed E-state index contributed by atoms with van der Waals surface area (Å²) in [5.74, 6) is 1.50. The molecule has 0 saturated carbocycles. The van der Waals surface area contributed by atoms with Crippen molar-refractivity contribution in [3.05, 3.63) is 39.8 Å². The first kappa shape index (κ1) is 14.8. The number of benzene rings is 1. The van der Waals surface area contributed by atoms with Gasteiger partial charge >= 0.3 is 0 Å². The van der Waals surface area contributed by atoms with Gasteiger partial charge in [0.2, 0.25) is 0 Å². The summed E-state index contributed by atoms with van der Waals surface area (Å²) >= 11 is 1.70. The van der Waals surface area contributed by atoms with Gasteiger partial charge in [0.1, 0.15) is 0 Å². The largest absolute Gasteiger partial charge is 0.493 e. The second-order valence-electron chi connectivity index (χ2n) is 4.54. The van der Waals surface area contributed by atoms with E-state index in [1.54, 1.807) is 25.6 Å². The van der Waals surface area contributed by atoms with E-state index >= 15 is 0 Å². The SMILES string of the molecule is CNC(Cc1nc(C)cs1)c1ccc(OC)c(OC)c1. The maximum Gasteiger partial charge on any atom is 0.161 e. The van der Waals surface area contributed by atoms with Crippen molar-refractivity contribution in [1.29, 1.82) is 0 Å². The molecule has 0 spiro atoms. The van der Waals surface area contributed by atoms with Crippen LogP contribution in [0.15, 0.2) is 23.6 Å². The highest BCUT2D eigenvalue weighted by Crippen LogP contribution is 2.31. The Bertz CT molecular complexity index is 569. The number of ether oxygens (including phenoxy) is 2. The van der Waals surface area contributed by atoms with Crippen LogP contribution in [0.1, 0.15) is 22.3 Å². The molecule has 2 aromatic rings. The van der Waals surface area contributed by atoms with Crippen molar-refractivity contribution in [2.45, 2.75) is 19.4 Å². The number of thiazole rings is 1. The molecule has 1 N–H and O–H groups in total. The van der Waals surface area contributed by atoms with Gasteiger partial charge in [0.05, 0.1) is 19.2 Å². The van der Waals surface area contributed by atoms with Crippen molar-refractivity contribution < 1.29 is 9.47 Å². The third kappa shape index (κ3) is 3.29. The Labute approximate surface area is 123 Å². The first-order valence-electron chi connectivity index (χ1n) is 6.48. The predicted molar refractivity (Wildman–Crippen MR) is 81.9 cm³/mol. The van der Waals surface area contributed by atoms with Crippen molar-refractivity contribution in [2.24, 2.45) is 0 Å². The van der Waals surface area contributed by atoms with Crippen molar-refractivity contribution in [2.75, 3.05) is 21.3 Å². The standard InChI is InChI=1S/C15H20N2O2S/c1-10-9-20-15(17-10)8-12(16-2)11-5-6-13(18-3)14(7-11)19-4/h5-7,9,12,16H,8H2,1-4H3. The highest BCUT2D eigenvalue weighted by atomic mass is 32.1. The summed E-state index contributed by atoms with van der Waals surface area (Å²) in [6.45, 7) is 2.02. The molecular weight excluding hydrogens is 272 g/mol. The Kier molecular flexibility index (Phi) is 4.98. The monoisotopic (exact) mass is 292 g/mol. The smallest absolute Gasteiger partial charge is 0.161 e. The quantitative estimate of drug-likeness (QED) is 0.889. The zero-order valence-electron chi connectivity index (χ0n) is 12.3. The minimum Gasteiger partial charge on any atom is -0.493 e. The third-order valence-corrected chi connectivity index (χ3v) is 4.19. The van der Waals surface area contributed by atoms with Gasteiger partial charge in [0, 0.05) is 23.5 Å². The molecular formula is C15H20N2O2S. The number of aryl methyl sites for hydroxylation is 1. The van der Waals surface area contributed by atoms with Crippen molar-refractivity contribution in [1.82, 2.24) is 10.3 Å². The highest BCUT2D eigenvalue weighted by Gasteiger charge is 2.15. The number of rotatable bonds is 6.